The van der Waals surface area contributed by atoms with Crippen LogP contribution in [0.3, 0.4) is 0 Å². The second-order valence-electron chi connectivity index (χ2n) is 17.8. The van der Waals surface area contributed by atoms with Gasteiger partial charge in [0.05, 0.1) is 68.3 Å². The first kappa shape index (κ1) is 53.5. The van der Waals surface area contributed by atoms with E-state index in [1.807, 2.05) is 109 Å². The van der Waals surface area contributed by atoms with E-state index < -0.39 is 0 Å². The molecule has 0 aliphatic rings. The van der Waals surface area contributed by atoms with Crippen molar-refractivity contribution in [3.05, 3.63) is 190 Å². The molecule has 0 unspecified atom stereocenters. The summed E-state index contributed by atoms with van der Waals surface area (Å²) in [6.07, 6.45) is 6.57. The van der Waals surface area contributed by atoms with Gasteiger partial charge in [0.1, 0.15) is 95.4 Å². The number of pyridine rings is 2. The van der Waals surface area contributed by atoms with Crippen molar-refractivity contribution in [1.82, 2.24) is 9.97 Å². The molecule has 14 heteroatoms. The maximum Gasteiger partial charge on any atom is 0.123 e. The van der Waals surface area contributed by atoms with E-state index in [4.69, 9.17) is 66.8 Å². The van der Waals surface area contributed by atoms with Gasteiger partial charge in [0, 0.05) is 48.8 Å². The van der Waals surface area contributed by atoms with E-state index in [1.54, 1.807) is 56.9 Å². The van der Waals surface area contributed by atoms with Crippen molar-refractivity contribution in [2.24, 2.45) is 0 Å². The molecule has 8 rings (SSSR count). The van der Waals surface area contributed by atoms with Crippen LogP contribution in [0.15, 0.2) is 146 Å². The number of ether oxygens (including phenoxy) is 12. The van der Waals surface area contributed by atoms with Crippen LogP contribution in [0, 0.1) is 0 Å². The summed E-state index contributed by atoms with van der Waals surface area (Å²) in [7, 11) is 13.0. The van der Waals surface area contributed by atoms with Crippen LogP contribution >= 0.6 is 0 Å². The zero-order valence-electron chi connectivity index (χ0n) is 44.3. The third kappa shape index (κ3) is 15.2. The Morgan fingerprint density at radius 3 is 0.684 bits per heavy atom. The van der Waals surface area contributed by atoms with Crippen LogP contribution in [0.5, 0.6) is 69.0 Å². The molecule has 2 aromatic heterocycles. The number of hydrogen-bond acceptors (Lipinski definition) is 14. The quantitative estimate of drug-likeness (QED) is 0.0483. The average molecular weight is 1030 g/mol. The monoisotopic (exact) mass is 1030 g/mol. The van der Waals surface area contributed by atoms with Gasteiger partial charge in [-0.1, -0.05) is 0 Å². The molecule has 0 N–H and O–H groups in total. The highest BCUT2D eigenvalue weighted by Crippen LogP contribution is 2.32. The zero-order chi connectivity index (χ0) is 53.2. The minimum absolute atomic E-state index is 0.294. The van der Waals surface area contributed by atoms with Crippen molar-refractivity contribution in [2.45, 2.75) is 52.1 Å². The molecular formula is C62H64N2O12. The molecule has 0 atom stereocenters. The van der Waals surface area contributed by atoms with Gasteiger partial charge in [0.15, 0.2) is 0 Å². The number of aromatic nitrogens is 2. The number of benzene rings is 6. The number of hydrogen-bond donors (Lipinski definition) is 0. The van der Waals surface area contributed by atoms with Crippen molar-refractivity contribution in [1.29, 1.82) is 0 Å². The standard InChI is InChI=1S/C62H64N2O12/c1-65-49-21-45(22-50(31-49)66-2)37-73-57-17-43(18-58(35-57)74-38-46-23-51(67-3)32-52(24-46)68-4)11-9-41-13-15-63-61(29-41)62-30-42(14-16-64-62)10-12-44-19-59(75-39-47-25-53(69-5)33-54(26-47)70-6)36-60(20-44)76-40-48-27-55(71-7)34-56(28-48)72-8/h13-36H,9-12,37-40H2,1-8H3. The Bertz CT molecular complexity index is 2740. The highest BCUT2D eigenvalue weighted by molar-refractivity contribution is 5.56. The molecule has 8 aromatic rings. The van der Waals surface area contributed by atoms with Crippen LogP contribution in [0.1, 0.15) is 44.5 Å². The molecule has 394 valence electrons. The van der Waals surface area contributed by atoms with Gasteiger partial charge in [-0.15, -0.1) is 0 Å². The fourth-order valence-electron chi connectivity index (χ4n) is 8.47. The highest BCUT2D eigenvalue weighted by atomic mass is 16.5. The van der Waals surface area contributed by atoms with Crippen LogP contribution in [-0.4, -0.2) is 66.8 Å². The summed E-state index contributed by atoms with van der Waals surface area (Å²) in [6.45, 7) is 1.18. The predicted octanol–water partition coefficient (Wildman–Crippen LogP) is 12.1. The Morgan fingerprint density at radius 1 is 0.237 bits per heavy atom. The fraction of sp³-hybridized carbons (Fsp3) is 0.258. The largest absolute Gasteiger partial charge is 0.497 e. The van der Waals surface area contributed by atoms with Gasteiger partial charge in [0.2, 0.25) is 0 Å². The topological polar surface area (TPSA) is 137 Å². The van der Waals surface area contributed by atoms with E-state index in [2.05, 4.69) is 36.4 Å². The molecule has 0 saturated heterocycles. The Hall–Kier alpha value is -8.78. The van der Waals surface area contributed by atoms with Gasteiger partial charge < -0.3 is 56.8 Å². The summed E-state index contributed by atoms with van der Waals surface area (Å²) in [4.78, 5) is 9.53. The SMILES string of the molecule is COc1cc(COc2cc(CCc3ccnc(-c4cc(CCc5cc(OCc6cc(OC)cc(OC)c6)cc(OCc6cc(OC)cc(OC)c6)c5)ccn4)c3)cc(OCc3cc(OC)cc(OC)c3)c2)cc(OC)c1. The van der Waals surface area contributed by atoms with Gasteiger partial charge in [-0.25, -0.2) is 0 Å². The van der Waals surface area contributed by atoms with Crippen LogP contribution in [-0.2, 0) is 52.1 Å². The minimum Gasteiger partial charge on any atom is -0.497 e. The summed E-state index contributed by atoms with van der Waals surface area (Å²) in [5.74, 6) is 8.14. The molecule has 0 spiro atoms. The third-order valence-corrected chi connectivity index (χ3v) is 12.5. The van der Waals surface area contributed by atoms with Crippen LogP contribution in [0.4, 0.5) is 0 Å². The van der Waals surface area contributed by atoms with Crippen molar-refractivity contribution < 1.29 is 56.8 Å². The highest BCUT2D eigenvalue weighted by Gasteiger charge is 2.13. The summed E-state index contributed by atoms with van der Waals surface area (Å²) in [6, 6.07) is 43.1. The second-order valence-corrected chi connectivity index (χ2v) is 17.8. The second kappa shape index (κ2) is 26.4. The smallest absolute Gasteiger partial charge is 0.123 e. The molecule has 76 heavy (non-hydrogen) atoms. The molecule has 0 amide bonds. The number of aryl methyl sites for hydroxylation is 4. The lowest BCUT2D eigenvalue weighted by atomic mass is 10.0. The van der Waals surface area contributed by atoms with Gasteiger partial charge in [-0.05, 0) is 167 Å². The van der Waals surface area contributed by atoms with E-state index in [-0.39, 0.29) is 0 Å². The van der Waals surface area contributed by atoms with Gasteiger partial charge in [-0.3, -0.25) is 9.97 Å². The number of nitrogens with zero attached hydrogens (tertiary/aromatic N) is 2. The van der Waals surface area contributed by atoms with Gasteiger partial charge in [-0.2, -0.15) is 0 Å². The Labute approximate surface area is 444 Å². The van der Waals surface area contributed by atoms with E-state index in [9.17, 15) is 0 Å². The maximum atomic E-state index is 6.40. The molecule has 0 saturated carbocycles. The maximum absolute atomic E-state index is 6.40. The molecule has 0 aliphatic carbocycles. The Balaban J connectivity index is 0.972. The molecule has 0 bridgehead atoms. The molecule has 2 heterocycles. The van der Waals surface area contributed by atoms with Crippen molar-refractivity contribution >= 4 is 0 Å². The number of rotatable bonds is 27. The fourth-order valence-corrected chi connectivity index (χ4v) is 8.47. The summed E-state index contributed by atoms with van der Waals surface area (Å²) >= 11 is 0. The van der Waals surface area contributed by atoms with Crippen LogP contribution < -0.4 is 56.8 Å². The first-order valence-corrected chi connectivity index (χ1v) is 24.7. The van der Waals surface area contributed by atoms with Crippen LogP contribution in [0.2, 0.25) is 0 Å². The lowest BCUT2D eigenvalue weighted by molar-refractivity contribution is 0.287. The first-order chi connectivity index (χ1) is 37.1. The molecule has 6 aromatic carbocycles. The van der Waals surface area contributed by atoms with Crippen LogP contribution in [0.25, 0.3) is 11.4 Å². The van der Waals surface area contributed by atoms with Gasteiger partial charge >= 0.3 is 0 Å². The van der Waals surface area contributed by atoms with E-state index in [1.165, 1.54) is 0 Å². The number of methoxy groups -OCH3 is 8. The normalized spacial score (nSPS) is 10.8. The molecular weight excluding hydrogens is 965 g/mol. The van der Waals surface area contributed by atoms with E-state index in [0.717, 1.165) is 68.7 Å². The lowest BCUT2D eigenvalue weighted by Crippen LogP contribution is -2.02. The van der Waals surface area contributed by atoms with E-state index >= 15 is 0 Å². The molecule has 0 radical (unpaired) electrons. The minimum atomic E-state index is 0.294. The zero-order valence-corrected chi connectivity index (χ0v) is 44.3. The Morgan fingerprint density at radius 2 is 0.447 bits per heavy atom. The third-order valence-electron chi connectivity index (χ3n) is 12.5. The predicted molar refractivity (Wildman–Crippen MR) is 291 cm³/mol. The lowest BCUT2D eigenvalue weighted by Gasteiger charge is -2.15. The molecule has 14 nitrogen and oxygen atoms in total. The van der Waals surface area contributed by atoms with Crippen molar-refractivity contribution in [3.8, 4) is 80.4 Å². The van der Waals surface area contributed by atoms with Crippen molar-refractivity contribution in [3.63, 3.8) is 0 Å². The Kier molecular flexibility index (Phi) is 18.6. The summed E-state index contributed by atoms with van der Waals surface area (Å²) in [5.41, 5.74) is 9.50. The van der Waals surface area contributed by atoms with E-state index in [0.29, 0.717) is 108 Å². The van der Waals surface area contributed by atoms with Gasteiger partial charge in [0.25, 0.3) is 0 Å². The van der Waals surface area contributed by atoms with Crippen molar-refractivity contribution in [2.75, 3.05) is 56.9 Å². The first-order valence-electron chi connectivity index (χ1n) is 24.7. The molecule has 0 aliphatic heterocycles. The summed E-state index contributed by atoms with van der Waals surface area (Å²) in [5, 5.41) is 0. The average Bonchev–Trinajstić information content (AvgIpc) is 3.47. The summed E-state index contributed by atoms with van der Waals surface area (Å²) < 4.78 is 69.6. The molecule has 0 fully saturated rings.